The number of alkyl halides is 1. The topological polar surface area (TPSA) is 144 Å². The Morgan fingerprint density at radius 1 is 0.301 bits per heavy atom. The lowest BCUT2D eigenvalue weighted by molar-refractivity contribution is -0.151. The van der Waals surface area contributed by atoms with Crippen LogP contribution in [0.5, 0.6) is 0 Å². The van der Waals surface area contributed by atoms with E-state index in [9.17, 15) is 19.2 Å². The molecule has 0 fully saturated rings. The van der Waals surface area contributed by atoms with Gasteiger partial charge in [0.05, 0.1) is 13.2 Å². The minimum absolute atomic E-state index is 0.00326. The first-order valence-corrected chi connectivity index (χ1v) is 50.5. The van der Waals surface area contributed by atoms with Gasteiger partial charge in [0, 0.05) is 68.9 Å². The summed E-state index contributed by atoms with van der Waals surface area (Å²) >= 11 is 3.43. The number of hydrogen-bond donors (Lipinski definition) is 0. The second-order valence-corrected chi connectivity index (χ2v) is 34.6. The van der Waals surface area contributed by atoms with Gasteiger partial charge in [-0.3, -0.25) is 19.2 Å². The lowest BCUT2D eigenvalue weighted by Crippen LogP contribution is -2.28. The van der Waals surface area contributed by atoms with E-state index < -0.39 is 0 Å². The molecule has 0 aliphatic carbocycles. The van der Waals surface area contributed by atoms with E-state index in [0.29, 0.717) is 38.9 Å². The summed E-state index contributed by atoms with van der Waals surface area (Å²) in [6.45, 7) is 24.5. The van der Waals surface area contributed by atoms with Gasteiger partial charge in [-0.15, -0.1) is 0 Å². The number of hydrogen-bond acceptors (Lipinski definition) is 11. The van der Waals surface area contributed by atoms with Gasteiger partial charge in [-0.05, 0) is 155 Å². The highest BCUT2D eigenvalue weighted by molar-refractivity contribution is 9.09. The first kappa shape index (κ1) is 110. The number of imidazole rings is 2. The third kappa shape index (κ3) is 79.6. The number of halogens is 1. The number of ether oxygens (including phenoxy) is 4. The molecule has 0 aliphatic heterocycles. The molecular weight excluding hydrogens is 1470 g/mol. The van der Waals surface area contributed by atoms with E-state index in [1.807, 2.05) is 12.4 Å². The van der Waals surface area contributed by atoms with Crippen molar-refractivity contribution in [2.24, 2.45) is 0 Å². The number of aryl methyl sites for hydroxylation is 4. The van der Waals surface area contributed by atoms with Gasteiger partial charge < -0.3 is 33.0 Å². The van der Waals surface area contributed by atoms with Crippen LogP contribution in [0.4, 0.5) is 0 Å². The molecule has 14 heteroatoms. The molecule has 113 heavy (non-hydrogen) atoms. The molecule has 664 valence electrons. The van der Waals surface area contributed by atoms with Crippen LogP contribution in [0, 0.1) is 13.8 Å². The molecule has 0 saturated heterocycles. The van der Waals surface area contributed by atoms with Gasteiger partial charge in [0.2, 0.25) is 0 Å². The van der Waals surface area contributed by atoms with Gasteiger partial charge in [0.25, 0.3) is 0 Å². The van der Waals surface area contributed by atoms with E-state index >= 15 is 0 Å². The fourth-order valence-electron chi connectivity index (χ4n) is 15.3. The van der Waals surface area contributed by atoms with E-state index in [1.54, 1.807) is 0 Å². The van der Waals surface area contributed by atoms with Crippen LogP contribution in [0.1, 0.15) is 509 Å². The molecule has 0 spiro atoms. The highest BCUT2D eigenvalue weighted by Gasteiger charge is 2.17. The Labute approximate surface area is 708 Å². The summed E-state index contributed by atoms with van der Waals surface area (Å²) in [4.78, 5) is 60.3. The Balaban J connectivity index is 0.00000187. The van der Waals surface area contributed by atoms with Crippen LogP contribution >= 0.6 is 15.9 Å². The molecule has 2 heterocycles. The third-order valence-electron chi connectivity index (χ3n) is 22.9. The summed E-state index contributed by atoms with van der Waals surface area (Å²) in [5.74, 6) is 2.28. The van der Waals surface area contributed by atoms with Gasteiger partial charge in [0.1, 0.15) is 23.9 Å². The fourth-order valence-corrected chi connectivity index (χ4v) is 15.7. The van der Waals surface area contributed by atoms with Crippen LogP contribution in [0.25, 0.3) is 0 Å². The number of esters is 4. The van der Waals surface area contributed by atoms with Crippen LogP contribution in [-0.4, -0.2) is 98.3 Å². The minimum atomic E-state index is -0.0125. The molecule has 0 saturated carbocycles. The Bertz CT molecular complexity index is 2250. The van der Waals surface area contributed by atoms with Crippen molar-refractivity contribution in [3.8, 4) is 0 Å². The molecule has 0 radical (unpaired) electrons. The number of unbranched alkanes of at least 4 members (excludes halogenated alkanes) is 52. The quantitative estimate of drug-likeness (QED) is 0.0270. The predicted molar refractivity (Wildman–Crippen MR) is 488 cm³/mol. The number of aromatic nitrogens is 4. The van der Waals surface area contributed by atoms with Crippen molar-refractivity contribution in [2.75, 3.05) is 38.2 Å². The SMILES string of the molecule is CCCCCCCCC(CCCCCCCC)OC(=O)CCCCCCCCCCCn1ccnc1C.CCCCCCCCCOC(=O)CCCCCCCBr.CCCCCCCCCOC(=O)CCCCCCCN(CCCCCCCC(=O)OC(CCCCCCCC)CCCCCCCC)CCCn1ccnc1C. The monoisotopic (exact) mass is 1650 g/mol. The lowest BCUT2D eigenvalue weighted by Gasteiger charge is -2.22. The van der Waals surface area contributed by atoms with Crippen molar-refractivity contribution in [3.05, 3.63) is 36.4 Å². The zero-order valence-electron chi connectivity index (χ0n) is 76.2. The van der Waals surface area contributed by atoms with E-state index in [0.717, 1.165) is 146 Å². The molecule has 0 atom stereocenters. The van der Waals surface area contributed by atoms with E-state index in [1.165, 1.54) is 334 Å². The van der Waals surface area contributed by atoms with Crippen LogP contribution in [-0.2, 0) is 51.2 Å². The first-order valence-electron chi connectivity index (χ1n) is 49.4. The normalized spacial score (nSPS) is 11.4. The summed E-state index contributed by atoms with van der Waals surface area (Å²) in [6.07, 6.45) is 93.1. The van der Waals surface area contributed by atoms with Crippen LogP contribution in [0.3, 0.4) is 0 Å². The maximum Gasteiger partial charge on any atom is 0.306 e. The Morgan fingerprint density at radius 3 is 0.832 bits per heavy atom. The van der Waals surface area contributed by atoms with Crippen molar-refractivity contribution in [1.82, 2.24) is 24.0 Å². The van der Waals surface area contributed by atoms with Crippen molar-refractivity contribution in [3.63, 3.8) is 0 Å². The largest absolute Gasteiger partial charge is 0.466 e. The van der Waals surface area contributed by atoms with Gasteiger partial charge >= 0.3 is 23.9 Å². The fraction of sp³-hybridized carbons (Fsp3) is 0.899. The van der Waals surface area contributed by atoms with Crippen LogP contribution in [0.15, 0.2) is 24.8 Å². The number of carbonyl (C=O) groups excluding carboxylic acids is 4. The molecule has 0 N–H and O–H groups in total. The maximum absolute atomic E-state index is 12.8. The standard InChI is InChI=1S/C49H93N3O4.C33H62N2O2.C17H33BrO2/c1-5-8-11-14-17-26-33-45-55-48(53)37-29-22-18-24-31-40-51(42-34-43-52-44-39-50-46(52)4)41-32-25-19-23-30-38-49(54)56-47(35-27-20-15-12-9-6-2)36-28-21-16-13-10-7-3;1-4-6-8-10-17-21-25-32(26-22-18-11-9-7-5-2)37-33(36)27-23-19-15-13-12-14-16-20-24-29-35-30-28-34-31(35)3;1-2-3-4-5-6-10-13-16-20-17(19)14-11-8-7-9-12-15-18/h39,44,47H,5-38,40-43,45H2,1-4H3;28,30,32H,4-27,29H2,1-3H3;2-16H2,1H3. The second kappa shape index (κ2) is 89.5. The zero-order chi connectivity index (χ0) is 82.3. The molecular formula is C99H188BrN5O8. The average Bonchev–Trinajstić information content (AvgIpc) is 1.83. The van der Waals surface area contributed by atoms with E-state index in [4.69, 9.17) is 18.9 Å². The molecule has 0 aliphatic rings. The predicted octanol–water partition coefficient (Wildman–Crippen LogP) is 30.8. The van der Waals surface area contributed by atoms with Gasteiger partial charge in [-0.1, -0.05) is 366 Å². The summed E-state index contributed by atoms with van der Waals surface area (Å²) in [7, 11) is 0. The molecule has 2 aromatic rings. The van der Waals surface area contributed by atoms with E-state index in [-0.39, 0.29) is 36.1 Å². The van der Waals surface area contributed by atoms with Crippen molar-refractivity contribution in [1.29, 1.82) is 0 Å². The molecule has 0 aromatic carbocycles. The minimum Gasteiger partial charge on any atom is -0.466 e. The first-order chi connectivity index (χ1) is 55.5. The molecule has 0 unspecified atom stereocenters. The Hall–Kier alpha value is -3.26. The highest BCUT2D eigenvalue weighted by Crippen LogP contribution is 2.23. The Kier molecular flexibility index (Phi) is 86.9. The lowest BCUT2D eigenvalue weighted by atomic mass is 10.0. The molecule has 0 amide bonds. The average molecular weight is 1660 g/mol. The molecule has 0 bridgehead atoms. The van der Waals surface area contributed by atoms with Crippen molar-refractivity contribution < 1.29 is 38.1 Å². The summed E-state index contributed by atoms with van der Waals surface area (Å²) < 4.78 is 27.3. The van der Waals surface area contributed by atoms with Gasteiger partial charge in [-0.25, -0.2) is 9.97 Å². The van der Waals surface area contributed by atoms with Gasteiger partial charge in [-0.2, -0.15) is 0 Å². The van der Waals surface area contributed by atoms with Crippen molar-refractivity contribution in [2.45, 2.75) is 537 Å². The molecule has 13 nitrogen and oxygen atoms in total. The summed E-state index contributed by atoms with van der Waals surface area (Å²) in [5.41, 5.74) is 0. The summed E-state index contributed by atoms with van der Waals surface area (Å²) in [6, 6.07) is 0. The number of nitrogens with zero attached hydrogens (tertiary/aromatic N) is 5. The third-order valence-corrected chi connectivity index (χ3v) is 23.4. The molecule has 2 rings (SSSR count). The van der Waals surface area contributed by atoms with Crippen LogP contribution < -0.4 is 0 Å². The van der Waals surface area contributed by atoms with Crippen molar-refractivity contribution >= 4 is 39.8 Å². The summed E-state index contributed by atoms with van der Waals surface area (Å²) in [5, 5.41) is 1.09. The second-order valence-electron chi connectivity index (χ2n) is 33.8. The van der Waals surface area contributed by atoms with E-state index in [2.05, 4.69) is 108 Å². The van der Waals surface area contributed by atoms with Crippen LogP contribution in [0.2, 0.25) is 0 Å². The smallest absolute Gasteiger partial charge is 0.306 e. The zero-order valence-corrected chi connectivity index (χ0v) is 77.8. The number of rotatable bonds is 85. The molecule has 2 aromatic heterocycles. The maximum atomic E-state index is 12.8. The van der Waals surface area contributed by atoms with Gasteiger partial charge in [0.15, 0.2) is 0 Å². The highest BCUT2D eigenvalue weighted by atomic mass is 79.9. The number of carbonyl (C=O) groups is 4. The Morgan fingerprint density at radius 2 is 0.540 bits per heavy atom.